The molecule has 1 aromatic carbocycles. The van der Waals surface area contributed by atoms with Crippen molar-refractivity contribution >= 4 is 11.2 Å². The van der Waals surface area contributed by atoms with Gasteiger partial charge < -0.3 is 45.8 Å². The first-order valence-corrected chi connectivity index (χ1v) is 14.4. The number of β-amino-alcohol motifs (C(OH)–C–C–N with tert-alkyl or cyclic N) is 1. The number of hydrogen-bond acceptors (Lipinski definition) is 12. The van der Waals surface area contributed by atoms with Gasteiger partial charge in [-0.15, -0.1) is 0 Å². The predicted molar refractivity (Wildman–Crippen MR) is 167 cm³/mol. The van der Waals surface area contributed by atoms with E-state index in [2.05, 4.69) is 20.6 Å². The van der Waals surface area contributed by atoms with Crippen molar-refractivity contribution in [3.05, 3.63) is 74.4 Å². The van der Waals surface area contributed by atoms with Crippen LogP contribution in [0.1, 0.15) is 56.4 Å². The third-order valence-electron chi connectivity index (χ3n) is 6.91. The lowest BCUT2D eigenvalue weighted by Gasteiger charge is -2.22. The van der Waals surface area contributed by atoms with Crippen molar-refractivity contribution in [2.24, 2.45) is 14.1 Å². The van der Waals surface area contributed by atoms with Crippen molar-refractivity contribution in [2.75, 3.05) is 19.6 Å². The summed E-state index contributed by atoms with van der Waals surface area (Å²) < 4.78 is 4.11. The zero-order valence-electron chi connectivity index (χ0n) is 26.1. The van der Waals surface area contributed by atoms with Crippen LogP contribution < -0.4 is 21.9 Å². The van der Waals surface area contributed by atoms with Gasteiger partial charge >= 0.3 is 5.69 Å². The predicted octanol–water partition coefficient (Wildman–Crippen LogP) is 0.259. The highest BCUT2D eigenvalue weighted by Crippen LogP contribution is 2.24. The summed E-state index contributed by atoms with van der Waals surface area (Å²) in [5.74, 6) is -0.290. The van der Waals surface area contributed by atoms with E-state index >= 15 is 0 Å². The van der Waals surface area contributed by atoms with E-state index in [0.717, 1.165) is 4.57 Å². The molecule has 2 unspecified atom stereocenters. The molecule has 4 aromatic rings. The Hall–Kier alpha value is -4.28. The number of nitrogens with one attached hydrogen (secondary N) is 2. The maximum Gasteiger partial charge on any atom is 0.332 e. The summed E-state index contributed by atoms with van der Waals surface area (Å²) in [7, 11) is 3.01. The first-order chi connectivity index (χ1) is 21.1. The second-order valence-corrected chi connectivity index (χ2v) is 11.7. The van der Waals surface area contributed by atoms with Crippen LogP contribution in [0.5, 0.6) is 17.2 Å². The van der Waals surface area contributed by atoms with Gasteiger partial charge in [-0.25, -0.2) is 14.8 Å². The highest BCUT2D eigenvalue weighted by molar-refractivity contribution is 5.69. The summed E-state index contributed by atoms with van der Waals surface area (Å²) in [6.07, 6.45) is 0.555. The van der Waals surface area contributed by atoms with Gasteiger partial charge in [0.2, 0.25) is 0 Å². The van der Waals surface area contributed by atoms with Crippen molar-refractivity contribution in [1.29, 1.82) is 0 Å². The van der Waals surface area contributed by atoms with Gasteiger partial charge in [-0.05, 0) is 63.6 Å². The van der Waals surface area contributed by atoms with Gasteiger partial charge in [-0.1, -0.05) is 0 Å². The number of aliphatic hydroxyl groups excluding tert-OH is 3. The molecule has 4 rings (SSSR count). The Labute approximate surface area is 259 Å². The maximum atomic E-state index is 12.4. The number of aromatic hydroxyl groups is 3. The Morgan fingerprint density at radius 1 is 0.933 bits per heavy atom. The second kappa shape index (κ2) is 15.1. The molecule has 15 heteroatoms. The average molecular weight is 630 g/mol. The number of aliphatic hydroxyl groups is 3. The topological polar surface area (TPSA) is 220 Å². The van der Waals surface area contributed by atoms with E-state index < -0.39 is 17.9 Å². The molecule has 45 heavy (non-hydrogen) atoms. The van der Waals surface area contributed by atoms with Crippen LogP contribution in [0.2, 0.25) is 0 Å². The fraction of sp³-hybridized carbons (Fsp3) is 0.467. The molecule has 0 bridgehead atoms. The molecule has 0 spiro atoms. The number of phenols is 2. The van der Waals surface area contributed by atoms with Crippen LogP contribution in [0.15, 0.2) is 46.2 Å². The third kappa shape index (κ3) is 9.36. The van der Waals surface area contributed by atoms with Gasteiger partial charge in [-0.2, -0.15) is 0 Å². The van der Waals surface area contributed by atoms with Crippen LogP contribution in [0, 0.1) is 0 Å². The minimum absolute atomic E-state index is 0.0627. The number of phenolic OH excluding ortho intramolecular Hbond substituents is 2. The lowest BCUT2D eigenvalue weighted by atomic mass is 10.1. The molecule has 8 N–H and O–H groups in total. The Balaban J connectivity index is 0.000000279. The van der Waals surface area contributed by atoms with Crippen LogP contribution >= 0.6 is 0 Å². The van der Waals surface area contributed by atoms with Crippen LogP contribution in [0.4, 0.5) is 0 Å². The van der Waals surface area contributed by atoms with E-state index in [1.54, 1.807) is 17.7 Å². The van der Waals surface area contributed by atoms with E-state index in [4.69, 9.17) is 5.11 Å². The molecular formula is C30H43N7O8. The van der Waals surface area contributed by atoms with Gasteiger partial charge in [0, 0.05) is 45.3 Å². The first kappa shape index (κ1) is 35.2. The summed E-state index contributed by atoms with van der Waals surface area (Å²) in [5, 5.41) is 63.6. The van der Waals surface area contributed by atoms with E-state index in [9.17, 15) is 35.1 Å². The molecule has 0 radical (unpaired) electrons. The van der Waals surface area contributed by atoms with Crippen molar-refractivity contribution in [2.45, 2.75) is 58.1 Å². The fourth-order valence-corrected chi connectivity index (χ4v) is 4.43. The van der Waals surface area contributed by atoms with Crippen molar-refractivity contribution in [1.82, 2.24) is 34.3 Å². The molecule has 0 aliphatic carbocycles. The molecule has 0 aliphatic rings. The first-order valence-electron chi connectivity index (χ1n) is 14.4. The van der Waals surface area contributed by atoms with Gasteiger partial charge in [-0.3, -0.25) is 13.9 Å². The molecule has 0 amide bonds. The molecule has 2 atom stereocenters. The van der Waals surface area contributed by atoms with E-state index in [1.165, 1.54) is 42.2 Å². The quantitative estimate of drug-likeness (QED) is 0.105. The maximum absolute atomic E-state index is 12.4. The van der Waals surface area contributed by atoms with Crippen molar-refractivity contribution in [3.8, 4) is 17.2 Å². The minimum atomic E-state index is -0.881. The SMILES string of the molecule is CC(C)(C)NCC(O)c1ccc(O)c(CO)n1.Cn1c(=O)c2c(ncn2CCCNCC(O)c2cc(O)cc(O)c2)n(C)c1=O. The molecule has 0 saturated carbocycles. The largest absolute Gasteiger partial charge is 0.508 e. The van der Waals surface area contributed by atoms with Gasteiger partial charge in [0.15, 0.2) is 11.2 Å². The molecule has 15 nitrogen and oxygen atoms in total. The van der Waals surface area contributed by atoms with E-state index in [-0.39, 0.29) is 47.2 Å². The summed E-state index contributed by atoms with van der Waals surface area (Å²) in [6.45, 7) is 7.35. The summed E-state index contributed by atoms with van der Waals surface area (Å²) in [6, 6.07) is 6.95. The van der Waals surface area contributed by atoms with Crippen molar-refractivity contribution in [3.63, 3.8) is 0 Å². The molecule has 0 aliphatic heterocycles. The standard InChI is InChI=1S/C18H23N5O5.C12H20N2O3/c1-21-16-15(17(27)22(2)18(21)28)23(10-20-16)5-3-4-19-9-14(26)11-6-12(24)8-13(25)7-11;1-12(2,3)13-6-11(17)8-4-5-10(16)9(7-15)14-8/h6-8,10,14,19,24-26H,3-5,9H2,1-2H3;4-5,11,13,15-17H,6-7H2,1-3H3. The number of benzene rings is 1. The lowest BCUT2D eigenvalue weighted by molar-refractivity contribution is 0.158. The van der Waals surface area contributed by atoms with Gasteiger partial charge in [0.1, 0.15) is 29.0 Å². The van der Waals surface area contributed by atoms with Gasteiger partial charge in [0.25, 0.3) is 5.56 Å². The van der Waals surface area contributed by atoms with Crippen LogP contribution in [0.25, 0.3) is 11.2 Å². The number of imidazole rings is 1. The summed E-state index contributed by atoms with van der Waals surface area (Å²) in [5.41, 5.74) is 0.854. The Kier molecular flexibility index (Phi) is 11.8. The zero-order chi connectivity index (χ0) is 33.5. The number of aryl methyl sites for hydroxylation is 2. The van der Waals surface area contributed by atoms with Crippen LogP contribution in [-0.2, 0) is 27.2 Å². The zero-order valence-corrected chi connectivity index (χ0v) is 26.1. The Morgan fingerprint density at radius 3 is 2.22 bits per heavy atom. The molecule has 0 saturated heterocycles. The smallest absolute Gasteiger partial charge is 0.332 e. The molecule has 3 aromatic heterocycles. The second-order valence-electron chi connectivity index (χ2n) is 11.7. The highest BCUT2D eigenvalue weighted by atomic mass is 16.3. The van der Waals surface area contributed by atoms with Gasteiger partial charge in [0.05, 0.1) is 24.7 Å². The van der Waals surface area contributed by atoms with E-state index in [1.807, 2.05) is 20.8 Å². The minimum Gasteiger partial charge on any atom is -0.508 e. The number of hydrogen-bond donors (Lipinski definition) is 8. The molecule has 0 fully saturated rings. The number of pyridine rings is 1. The fourth-order valence-electron chi connectivity index (χ4n) is 4.43. The molecule has 3 heterocycles. The summed E-state index contributed by atoms with van der Waals surface area (Å²) >= 11 is 0. The number of fused-ring (bicyclic) bond motifs is 1. The van der Waals surface area contributed by atoms with Crippen LogP contribution in [-0.4, -0.2) is 79.5 Å². The van der Waals surface area contributed by atoms with E-state index in [0.29, 0.717) is 48.5 Å². The third-order valence-corrected chi connectivity index (χ3v) is 6.91. The lowest BCUT2D eigenvalue weighted by Crippen LogP contribution is -2.38. The Bertz CT molecular complexity index is 1690. The monoisotopic (exact) mass is 629 g/mol. The van der Waals surface area contributed by atoms with Crippen molar-refractivity contribution < 1.29 is 30.6 Å². The molecular weight excluding hydrogens is 586 g/mol. The number of rotatable bonds is 11. The average Bonchev–Trinajstić information content (AvgIpc) is 3.41. The number of nitrogens with zero attached hydrogens (tertiary/aromatic N) is 5. The normalized spacial score (nSPS) is 13.0. The summed E-state index contributed by atoms with van der Waals surface area (Å²) in [4.78, 5) is 32.5. The molecule has 246 valence electrons. The van der Waals surface area contributed by atoms with Crippen LogP contribution in [0.3, 0.4) is 0 Å². The Morgan fingerprint density at radius 2 is 1.60 bits per heavy atom. The number of aromatic nitrogens is 5. The highest BCUT2D eigenvalue weighted by Gasteiger charge is 2.16.